The van der Waals surface area contributed by atoms with Crippen LogP contribution >= 0.6 is 11.3 Å². The number of fused-ring (bicyclic) bond motifs is 1. The van der Waals surface area contributed by atoms with E-state index < -0.39 is 0 Å². The Morgan fingerprint density at radius 3 is 2.20 bits per heavy atom. The molecule has 6 heteroatoms. The van der Waals surface area contributed by atoms with E-state index in [1.54, 1.807) is 50.9 Å². The first-order valence-electron chi connectivity index (χ1n) is 9.18. The Hall–Kier alpha value is -3.69. The number of hydrogen-bond acceptors (Lipinski definition) is 6. The second-order valence-electron chi connectivity index (χ2n) is 6.41. The van der Waals surface area contributed by atoms with Crippen LogP contribution in [0.4, 0.5) is 0 Å². The fourth-order valence-electron chi connectivity index (χ4n) is 3.28. The number of methoxy groups -OCH3 is 3. The summed E-state index contributed by atoms with van der Waals surface area (Å²) in [7, 11) is 4.70. The second-order valence-corrected chi connectivity index (χ2v) is 7.46. The summed E-state index contributed by atoms with van der Waals surface area (Å²) in [6.07, 6.45) is 0. The third-order valence-corrected chi connectivity index (χ3v) is 5.86. The molecular weight excluding hydrogens is 398 g/mol. The van der Waals surface area contributed by atoms with Crippen molar-refractivity contribution < 1.29 is 18.9 Å². The first-order chi connectivity index (χ1) is 14.7. The van der Waals surface area contributed by atoms with Gasteiger partial charge in [-0.2, -0.15) is 5.26 Å². The van der Waals surface area contributed by atoms with Gasteiger partial charge in [0, 0.05) is 22.2 Å². The average Bonchev–Trinajstić information content (AvgIpc) is 3.16. The highest BCUT2D eigenvalue weighted by atomic mass is 32.1. The third kappa shape index (κ3) is 3.51. The maximum Gasteiger partial charge on any atom is 0.203 e. The van der Waals surface area contributed by atoms with Gasteiger partial charge in [-0.25, -0.2) is 0 Å². The molecule has 0 aliphatic carbocycles. The molecule has 4 aromatic rings. The standard InChI is InChI=1S/C24H19NO4S/c1-26-19-12-17(13-20(27-2)23(19)28-3)29-22-18-9-4-5-10-21(18)30-24(22)16-8-6-7-15(11-16)14-25/h4-13H,1-3H3. The largest absolute Gasteiger partial charge is 0.493 e. The molecule has 5 nitrogen and oxygen atoms in total. The number of hydrogen-bond donors (Lipinski definition) is 0. The molecule has 0 atom stereocenters. The van der Waals surface area contributed by atoms with Crippen molar-refractivity contribution in [1.29, 1.82) is 5.26 Å². The number of thiophene rings is 1. The number of rotatable bonds is 6. The van der Waals surface area contributed by atoms with Crippen molar-refractivity contribution in [3.05, 3.63) is 66.2 Å². The Bertz CT molecular complexity index is 1230. The first-order valence-corrected chi connectivity index (χ1v) is 10.00. The Balaban J connectivity index is 1.88. The normalized spacial score (nSPS) is 10.5. The van der Waals surface area contributed by atoms with Crippen LogP contribution in [0.2, 0.25) is 0 Å². The minimum atomic E-state index is 0.504. The van der Waals surface area contributed by atoms with Crippen molar-refractivity contribution in [2.24, 2.45) is 0 Å². The molecule has 0 saturated carbocycles. The minimum absolute atomic E-state index is 0.504. The number of benzene rings is 3. The topological polar surface area (TPSA) is 60.7 Å². The molecule has 0 aliphatic heterocycles. The van der Waals surface area contributed by atoms with E-state index >= 15 is 0 Å². The van der Waals surface area contributed by atoms with E-state index in [4.69, 9.17) is 18.9 Å². The molecule has 150 valence electrons. The van der Waals surface area contributed by atoms with Gasteiger partial charge < -0.3 is 18.9 Å². The average molecular weight is 417 g/mol. The van der Waals surface area contributed by atoms with E-state index in [2.05, 4.69) is 12.1 Å². The summed E-state index contributed by atoms with van der Waals surface area (Å²) in [4.78, 5) is 0.946. The molecule has 0 fully saturated rings. The van der Waals surface area contributed by atoms with E-state index in [9.17, 15) is 5.26 Å². The van der Waals surface area contributed by atoms with Crippen LogP contribution in [0.25, 0.3) is 20.5 Å². The van der Waals surface area contributed by atoms with Crippen LogP contribution in [0.15, 0.2) is 60.7 Å². The zero-order chi connectivity index (χ0) is 21.1. The molecule has 3 aromatic carbocycles. The number of nitrogens with zero attached hydrogens (tertiary/aromatic N) is 1. The molecule has 0 spiro atoms. The van der Waals surface area contributed by atoms with Crippen molar-refractivity contribution in [3.63, 3.8) is 0 Å². The highest BCUT2D eigenvalue weighted by Gasteiger charge is 2.19. The zero-order valence-electron chi connectivity index (χ0n) is 16.8. The van der Waals surface area contributed by atoms with Crippen molar-refractivity contribution in [1.82, 2.24) is 0 Å². The van der Waals surface area contributed by atoms with E-state index in [1.165, 1.54) is 0 Å². The Morgan fingerprint density at radius 1 is 0.800 bits per heavy atom. The predicted molar refractivity (Wildman–Crippen MR) is 118 cm³/mol. The van der Waals surface area contributed by atoms with Gasteiger partial charge >= 0.3 is 0 Å². The van der Waals surface area contributed by atoms with Gasteiger partial charge in [-0.3, -0.25) is 0 Å². The number of ether oxygens (including phenoxy) is 4. The molecule has 0 radical (unpaired) electrons. The molecule has 0 aliphatic rings. The molecule has 0 unspecified atom stereocenters. The summed E-state index contributed by atoms with van der Waals surface area (Å²) in [5, 5.41) is 10.3. The van der Waals surface area contributed by atoms with Gasteiger partial charge in [-0.1, -0.05) is 24.3 Å². The van der Waals surface area contributed by atoms with Gasteiger partial charge in [-0.05, 0) is 29.8 Å². The van der Waals surface area contributed by atoms with Crippen molar-refractivity contribution >= 4 is 21.4 Å². The Kier molecular flexibility index (Phi) is 5.46. The zero-order valence-corrected chi connectivity index (χ0v) is 17.6. The molecule has 0 bridgehead atoms. The quantitative estimate of drug-likeness (QED) is 0.371. The van der Waals surface area contributed by atoms with E-state index in [0.717, 1.165) is 26.3 Å². The fraction of sp³-hybridized carbons (Fsp3) is 0.125. The van der Waals surface area contributed by atoms with Gasteiger partial charge in [0.2, 0.25) is 5.75 Å². The molecule has 1 aromatic heterocycles. The van der Waals surface area contributed by atoms with Crippen LogP contribution in [0.5, 0.6) is 28.7 Å². The second kappa shape index (κ2) is 8.36. The lowest BCUT2D eigenvalue weighted by Crippen LogP contribution is -1.96. The molecule has 0 saturated heterocycles. The Labute approximate surface area is 178 Å². The van der Waals surface area contributed by atoms with Crippen molar-refractivity contribution in [2.45, 2.75) is 0 Å². The van der Waals surface area contributed by atoms with Gasteiger partial charge in [0.15, 0.2) is 17.2 Å². The van der Waals surface area contributed by atoms with Gasteiger partial charge in [-0.15, -0.1) is 11.3 Å². The third-order valence-electron chi connectivity index (χ3n) is 4.66. The summed E-state index contributed by atoms with van der Waals surface area (Å²) in [5.41, 5.74) is 1.53. The summed E-state index contributed by atoms with van der Waals surface area (Å²) < 4.78 is 23.8. The summed E-state index contributed by atoms with van der Waals surface area (Å²) in [6, 6.07) is 21.3. The minimum Gasteiger partial charge on any atom is -0.493 e. The maximum atomic E-state index is 9.30. The van der Waals surface area contributed by atoms with E-state index in [-0.39, 0.29) is 0 Å². The lowest BCUT2D eigenvalue weighted by molar-refractivity contribution is 0.321. The molecule has 4 rings (SSSR count). The van der Waals surface area contributed by atoms with Crippen molar-refractivity contribution in [3.8, 4) is 45.3 Å². The van der Waals surface area contributed by atoms with E-state index in [1.807, 2.05) is 36.4 Å². The lowest BCUT2D eigenvalue weighted by Gasteiger charge is -2.15. The molecular formula is C24H19NO4S. The first kappa shape index (κ1) is 19.6. The van der Waals surface area contributed by atoms with Gasteiger partial charge in [0.25, 0.3) is 0 Å². The Morgan fingerprint density at radius 2 is 1.53 bits per heavy atom. The molecule has 0 N–H and O–H groups in total. The fourth-order valence-corrected chi connectivity index (χ4v) is 4.40. The summed E-state index contributed by atoms with van der Waals surface area (Å²) in [6.45, 7) is 0. The number of nitriles is 1. The van der Waals surface area contributed by atoms with E-state index in [0.29, 0.717) is 28.6 Å². The van der Waals surface area contributed by atoms with Crippen LogP contribution in [0, 0.1) is 11.3 Å². The summed E-state index contributed by atoms with van der Waals surface area (Å²) >= 11 is 1.62. The van der Waals surface area contributed by atoms with Gasteiger partial charge in [0.1, 0.15) is 5.75 Å². The highest BCUT2D eigenvalue weighted by Crippen LogP contribution is 2.48. The molecule has 1 heterocycles. The van der Waals surface area contributed by atoms with Crippen LogP contribution in [0.3, 0.4) is 0 Å². The highest BCUT2D eigenvalue weighted by molar-refractivity contribution is 7.22. The van der Waals surface area contributed by atoms with Crippen LogP contribution in [-0.4, -0.2) is 21.3 Å². The van der Waals surface area contributed by atoms with Gasteiger partial charge in [0.05, 0.1) is 37.8 Å². The van der Waals surface area contributed by atoms with Crippen molar-refractivity contribution in [2.75, 3.05) is 21.3 Å². The maximum absolute atomic E-state index is 9.30. The smallest absolute Gasteiger partial charge is 0.203 e. The molecule has 0 amide bonds. The monoisotopic (exact) mass is 417 g/mol. The van der Waals surface area contributed by atoms with Crippen LogP contribution in [-0.2, 0) is 0 Å². The SMILES string of the molecule is COc1cc(Oc2c(-c3cccc(C#N)c3)sc3ccccc23)cc(OC)c1OC. The molecule has 30 heavy (non-hydrogen) atoms. The van der Waals surface area contributed by atoms with Crippen LogP contribution in [0.1, 0.15) is 5.56 Å². The lowest BCUT2D eigenvalue weighted by atomic mass is 10.1. The summed E-state index contributed by atoms with van der Waals surface area (Å²) in [5.74, 6) is 2.81. The predicted octanol–water partition coefficient (Wildman–Crippen LogP) is 6.26. The van der Waals surface area contributed by atoms with Crippen LogP contribution < -0.4 is 18.9 Å².